The zero-order chi connectivity index (χ0) is 9.42. The first-order valence-corrected chi connectivity index (χ1v) is 3.59. The molecule has 0 fully saturated rings. The molecule has 1 heterocycles. The lowest BCUT2D eigenvalue weighted by Gasteiger charge is -1.85. The van der Waals surface area contributed by atoms with E-state index in [0.717, 1.165) is 0 Å². The number of halogens is 1. The number of benzene rings is 1. The molecule has 1 aromatic heterocycles. The Kier molecular flexibility index (Phi) is 1.51. The molecule has 2 rings (SSSR count). The summed E-state index contributed by atoms with van der Waals surface area (Å²) in [4.78, 5) is 12.3. The van der Waals surface area contributed by atoms with Gasteiger partial charge < -0.3 is 10.1 Å². The van der Waals surface area contributed by atoms with E-state index >= 15 is 0 Å². The lowest BCUT2D eigenvalue weighted by atomic mass is 10.2. The molecule has 0 unspecified atom stereocenters. The highest BCUT2D eigenvalue weighted by Gasteiger charge is 2.09. The van der Waals surface area contributed by atoms with Gasteiger partial charge in [0.15, 0.2) is 0 Å². The molecular weight excluding hydrogens is 175 g/mol. The van der Waals surface area contributed by atoms with Gasteiger partial charge in [0.05, 0.1) is 0 Å². The Morgan fingerprint density at radius 1 is 1.38 bits per heavy atom. The normalized spacial score (nSPS) is 10.5. The molecule has 0 aliphatic carbocycles. The Bertz CT molecular complexity index is 478. The number of nitrogens with one attached hydrogen (secondary N) is 1. The van der Waals surface area contributed by atoms with Crippen molar-refractivity contribution in [3.8, 4) is 0 Å². The Morgan fingerprint density at radius 3 is 2.85 bits per heavy atom. The molecule has 1 aromatic carbocycles. The molecular formula is C8H5FN2O2. The zero-order valence-electron chi connectivity index (χ0n) is 6.45. The highest BCUT2D eigenvalue weighted by atomic mass is 19.1. The Balaban J connectivity index is 2.68. The number of rotatable bonds is 1. The van der Waals surface area contributed by atoms with E-state index in [2.05, 4.69) is 4.98 Å². The van der Waals surface area contributed by atoms with Crippen LogP contribution in [0.3, 0.4) is 0 Å². The van der Waals surface area contributed by atoms with Crippen LogP contribution in [0.4, 0.5) is 10.2 Å². The van der Waals surface area contributed by atoms with Gasteiger partial charge >= 0.3 is 5.82 Å². The first kappa shape index (κ1) is 7.72. The van der Waals surface area contributed by atoms with Crippen LogP contribution >= 0.6 is 0 Å². The van der Waals surface area contributed by atoms with Crippen molar-refractivity contribution in [2.24, 2.45) is 0 Å². The molecule has 0 atom stereocenters. The van der Waals surface area contributed by atoms with Crippen molar-refractivity contribution in [1.29, 1.82) is 0 Å². The Morgan fingerprint density at radius 2 is 2.15 bits per heavy atom. The molecule has 0 aliphatic heterocycles. The van der Waals surface area contributed by atoms with Crippen molar-refractivity contribution in [3.63, 3.8) is 0 Å². The standard InChI is InChI=1S/C8H5FN2O2/c9-6-2-1-5-3-8(11(12)13)10-7(5)4-6/h1-4,10H. The molecule has 13 heavy (non-hydrogen) atoms. The lowest BCUT2D eigenvalue weighted by Crippen LogP contribution is -1.85. The fraction of sp³-hybridized carbons (Fsp3) is 0. The molecule has 66 valence electrons. The summed E-state index contributed by atoms with van der Waals surface area (Å²) in [5, 5.41) is 11.0. The van der Waals surface area contributed by atoms with E-state index in [-0.39, 0.29) is 5.82 Å². The fourth-order valence-corrected chi connectivity index (χ4v) is 1.18. The zero-order valence-corrected chi connectivity index (χ0v) is 6.45. The van der Waals surface area contributed by atoms with Crippen molar-refractivity contribution in [1.82, 2.24) is 4.98 Å². The van der Waals surface area contributed by atoms with E-state index in [1.165, 1.54) is 24.3 Å². The maximum absolute atomic E-state index is 12.7. The van der Waals surface area contributed by atoms with Crippen molar-refractivity contribution in [3.05, 3.63) is 40.2 Å². The molecule has 0 aliphatic rings. The van der Waals surface area contributed by atoms with E-state index < -0.39 is 10.7 Å². The van der Waals surface area contributed by atoms with Gasteiger partial charge in [-0.15, -0.1) is 0 Å². The van der Waals surface area contributed by atoms with Crippen LogP contribution in [0.1, 0.15) is 0 Å². The monoisotopic (exact) mass is 180 g/mol. The summed E-state index contributed by atoms with van der Waals surface area (Å²) in [5.41, 5.74) is 0.437. The number of nitrogens with zero attached hydrogens (tertiary/aromatic N) is 1. The van der Waals surface area contributed by atoms with Gasteiger partial charge in [0.1, 0.15) is 11.3 Å². The van der Waals surface area contributed by atoms with Crippen LogP contribution < -0.4 is 0 Å². The van der Waals surface area contributed by atoms with Gasteiger partial charge in [-0.1, -0.05) is 0 Å². The molecule has 5 heteroatoms. The van der Waals surface area contributed by atoms with Crippen molar-refractivity contribution in [2.75, 3.05) is 0 Å². The quantitative estimate of drug-likeness (QED) is 0.540. The topological polar surface area (TPSA) is 58.9 Å². The summed E-state index contributed by atoms with van der Waals surface area (Å²) in [6, 6.07) is 5.35. The number of hydrogen-bond acceptors (Lipinski definition) is 2. The maximum Gasteiger partial charge on any atom is 0.321 e. The fourth-order valence-electron chi connectivity index (χ4n) is 1.18. The number of H-pyrrole nitrogens is 1. The van der Waals surface area contributed by atoms with Crippen LogP contribution in [-0.2, 0) is 0 Å². The second-order valence-electron chi connectivity index (χ2n) is 2.64. The Labute approximate surface area is 72.1 Å². The number of aromatic nitrogens is 1. The van der Waals surface area contributed by atoms with Crippen LogP contribution in [0.5, 0.6) is 0 Å². The first-order valence-electron chi connectivity index (χ1n) is 3.59. The van der Waals surface area contributed by atoms with Crippen LogP contribution in [0.2, 0.25) is 0 Å². The summed E-state index contributed by atoms with van der Waals surface area (Å²) in [6.07, 6.45) is 0. The van der Waals surface area contributed by atoms with E-state index in [4.69, 9.17) is 0 Å². The molecule has 0 saturated heterocycles. The predicted molar refractivity (Wildman–Crippen MR) is 44.9 cm³/mol. The Hall–Kier alpha value is -1.91. The van der Waals surface area contributed by atoms with Crippen LogP contribution in [0.15, 0.2) is 24.3 Å². The minimum Gasteiger partial charge on any atom is -0.358 e. The van der Waals surface area contributed by atoms with E-state index in [1.807, 2.05) is 0 Å². The first-order chi connectivity index (χ1) is 6.16. The number of hydrogen-bond donors (Lipinski definition) is 1. The van der Waals surface area contributed by atoms with Gasteiger partial charge in [-0.3, -0.25) is 0 Å². The van der Waals surface area contributed by atoms with Crippen molar-refractivity contribution < 1.29 is 9.31 Å². The minimum absolute atomic E-state index is 0.124. The largest absolute Gasteiger partial charge is 0.358 e. The third-order valence-corrected chi connectivity index (χ3v) is 1.77. The average molecular weight is 180 g/mol. The van der Waals surface area contributed by atoms with E-state index in [9.17, 15) is 14.5 Å². The third kappa shape index (κ3) is 1.24. The lowest BCUT2D eigenvalue weighted by molar-refractivity contribution is -0.389. The maximum atomic E-state index is 12.7. The number of fused-ring (bicyclic) bond motifs is 1. The van der Waals surface area contributed by atoms with E-state index in [0.29, 0.717) is 10.9 Å². The minimum atomic E-state index is -0.544. The molecule has 2 aromatic rings. The van der Waals surface area contributed by atoms with Crippen LogP contribution in [0, 0.1) is 15.9 Å². The van der Waals surface area contributed by atoms with Crippen LogP contribution in [-0.4, -0.2) is 9.91 Å². The second kappa shape index (κ2) is 2.55. The molecule has 0 saturated carbocycles. The van der Waals surface area contributed by atoms with Gasteiger partial charge in [-0.25, -0.2) is 9.37 Å². The van der Waals surface area contributed by atoms with Crippen LogP contribution in [0.25, 0.3) is 10.9 Å². The predicted octanol–water partition coefficient (Wildman–Crippen LogP) is 2.22. The van der Waals surface area contributed by atoms with Crippen molar-refractivity contribution in [2.45, 2.75) is 0 Å². The van der Waals surface area contributed by atoms with E-state index in [1.54, 1.807) is 0 Å². The number of aromatic amines is 1. The SMILES string of the molecule is O=[N+]([O-])c1cc2ccc(F)cc2[nH]1. The highest BCUT2D eigenvalue weighted by molar-refractivity contribution is 5.82. The van der Waals surface area contributed by atoms with Gasteiger partial charge in [0.2, 0.25) is 0 Å². The molecule has 4 nitrogen and oxygen atoms in total. The van der Waals surface area contributed by atoms with Crippen molar-refractivity contribution >= 4 is 16.7 Å². The molecule has 0 radical (unpaired) electrons. The smallest absolute Gasteiger partial charge is 0.321 e. The molecule has 0 bridgehead atoms. The summed E-state index contributed by atoms with van der Waals surface area (Å²) >= 11 is 0. The molecule has 1 N–H and O–H groups in total. The summed E-state index contributed by atoms with van der Waals surface area (Å²) in [6.45, 7) is 0. The van der Waals surface area contributed by atoms with Gasteiger partial charge in [-0.05, 0) is 17.1 Å². The summed E-state index contributed by atoms with van der Waals surface area (Å²) in [7, 11) is 0. The van der Waals surface area contributed by atoms with Gasteiger partial charge in [0, 0.05) is 17.5 Å². The average Bonchev–Trinajstić information content (AvgIpc) is 2.46. The van der Waals surface area contributed by atoms with Gasteiger partial charge in [-0.2, -0.15) is 0 Å². The highest BCUT2D eigenvalue weighted by Crippen LogP contribution is 2.20. The summed E-state index contributed by atoms with van der Waals surface area (Å²) in [5.74, 6) is -0.537. The summed E-state index contributed by atoms with van der Waals surface area (Å²) < 4.78 is 12.7. The molecule has 0 amide bonds. The second-order valence-corrected chi connectivity index (χ2v) is 2.64. The number of nitro groups is 1. The van der Waals surface area contributed by atoms with Gasteiger partial charge in [0.25, 0.3) is 0 Å². The molecule has 0 spiro atoms. The third-order valence-electron chi connectivity index (χ3n) is 1.77.